The van der Waals surface area contributed by atoms with Gasteiger partial charge in [0.05, 0.1) is 0 Å². The molecule has 3 N–H and O–H groups in total. The van der Waals surface area contributed by atoms with Gasteiger partial charge >= 0.3 is 5.97 Å². The van der Waals surface area contributed by atoms with Crippen molar-refractivity contribution in [1.82, 2.24) is 0 Å². The van der Waals surface area contributed by atoms with Crippen molar-refractivity contribution in [2.75, 3.05) is 0 Å². The first-order valence-corrected chi connectivity index (χ1v) is 6.75. The predicted molar refractivity (Wildman–Crippen MR) is 81.2 cm³/mol. The van der Waals surface area contributed by atoms with Gasteiger partial charge in [0.2, 0.25) is 0 Å². The molecule has 2 rings (SSSR count). The summed E-state index contributed by atoms with van der Waals surface area (Å²) in [4.78, 5) is 10.7. The molecule has 2 aromatic rings. The molecule has 0 amide bonds. The summed E-state index contributed by atoms with van der Waals surface area (Å²) in [5.74, 6) is -1.00. The van der Waals surface area contributed by atoms with E-state index in [-0.39, 0.29) is 0 Å². The van der Waals surface area contributed by atoms with Crippen LogP contribution in [0.2, 0.25) is 10.0 Å². The maximum absolute atomic E-state index is 10.7. The molecule has 1 atom stereocenters. The Morgan fingerprint density at radius 2 is 1.60 bits per heavy atom. The number of benzene rings is 2. The Balaban J connectivity index is 2.21. The fourth-order valence-corrected chi connectivity index (χ4v) is 2.42. The molecule has 0 saturated carbocycles. The summed E-state index contributed by atoms with van der Waals surface area (Å²) >= 11 is 11.9. The van der Waals surface area contributed by atoms with E-state index in [2.05, 4.69) is 0 Å². The smallest absolute Gasteiger partial charge is 0.320 e. The van der Waals surface area contributed by atoms with Gasteiger partial charge in [-0.3, -0.25) is 4.79 Å². The normalized spacial score (nSPS) is 12.2. The molecular weight excluding hydrogens is 297 g/mol. The molecule has 0 aliphatic rings. The van der Waals surface area contributed by atoms with E-state index in [1.807, 2.05) is 36.4 Å². The van der Waals surface area contributed by atoms with E-state index in [0.29, 0.717) is 16.5 Å². The second-order valence-corrected chi connectivity index (χ2v) is 5.38. The summed E-state index contributed by atoms with van der Waals surface area (Å²) < 4.78 is 0. The van der Waals surface area contributed by atoms with Gasteiger partial charge in [0.1, 0.15) is 6.04 Å². The molecular formula is C15H13Cl2NO2. The average molecular weight is 310 g/mol. The van der Waals surface area contributed by atoms with Gasteiger partial charge in [0.15, 0.2) is 0 Å². The van der Waals surface area contributed by atoms with Gasteiger partial charge in [-0.2, -0.15) is 0 Å². The number of aliphatic carboxylic acids is 1. The number of hydrogen-bond acceptors (Lipinski definition) is 2. The molecule has 0 fully saturated rings. The van der Waals surface area contributed by atoms with Crippen molar-refractivity contribution in [1.29, 1.82) is 0 Å². The minimum absolute atomic E-state index is 0.298. The summed E-state index contributed by atoms with van der Waals surface area (Å²) in [7, 11) is 0. The maximum Gasteiger partial charge on any atom is 0.320 e. The lowest BCUT2D eigenvalue weighted by atomic mass is 10.0. The molecule has 1 unspecified atom stereocenters. The Hall–Kier alpha value is -1.55. The summed E-state index contributed by atoms with van der Waals surface area (Å²) in [5.41, 5.74) is 8.25. The fraction of sp³-hybridized carbons (Fsp3) is 0.133. The van der Waals surface area contributed by atoms with Crippen LogP contribution in [0, 0.1) is 0 Å². The van der Waals surface area contributed by atoms with Crippen LogP contribution in [0.5, 0.6) is 0 Å². The van der Waals surface area contributed by atoms with Crippen molar-refractivity contribution in [2.24, 2.45) is 5.73 Å². The lowest BCUT2D eigenvalue weighted by Crippen LogP contribution is -2.32. The standard InChI is InChI=1S/C15H13Cl2NO2/c16-12-6-11(7-13(17)8-12)10-3-1-9(2-4-10)5-14(18)15(19)20/h1-4,6-8,14H,5,18H2,(H,19,20). The summed E-state index contributed by atoms with van der Waals surface area (Å²) in [6.45, 7) is 0. The minimum atomic E-state index is -1.00. The van der Waals surface area contributed by atoms with Crippen molar-refractivity contribution in [3.63, 3.8) is 0 Å². The molecule has 2 aromatic carbocycles. The van der Waals surface area contributed by atoms with Gasteiger partial charge in [-0.05, 0) is 41.3 Å². The van der Waals surface area contributed by atoms with Crippen molar-refractivity contribution < 1.29 is 9.90 Å². The average Bonchev–Trinajstić information content (AvgIpc) is 2.38. The third-order valence-electron chi connectivity index (χ3n) is 2.92. The van der Waals surface area contributed by atoms with E-state index in [4.69, 9.17) is 34.0 Å². The molecule has 0 aliphatic heterocycles. The molecule has 20 heavy (non-hydrogen) atoms. The van der Waals surface area contributed by atoms with Crippen molar-refractivity contribution in [3.8, 4) is 11.1 Å². The van der Waals surface area contributed by atoms with Crippen LogP contribution >= 0.6 is 23.2 Å². The Morgan fingerprint density at radius 1 is 1.05 bits per heavy atom. The van der Waals surface area contributed by atoms with Gasteiger partial charge in [0.25, 0.3) is 0 Å². The Labute approximate surface area is 126 Å². The van der Waals surface area contributed by atoms with Gasteiger partial charge in [0, 0.05) is 10.0 Å². The van der Waals surface area contributed by atoms with Crippen molar-refractivity contribution in [2.45, 2.75) is 12.5 Å². The highest BCUT2D eigenvalue weighted by molar-refractivity contribution is 6.35. The molecule has 0 aliphatic carbocycles. The Morgan fingerprint density at radius 3 is 2.10 bits per heavy atom. The molecule has 0 bridgehead atoms. The van der Waals surface area contributed by atoms with Crippen LogP contribution in [0.4, 0.5) is 0 Å². The Bertz CT molecular complexity index is 606. The molecule has 5 heteroatoms. The van der Waals surface area contributed by atoms with Gasteiger partial charge in [-0.1, -0.05) is 47.5 Å². The zero-order valence-electron chi connectivity index (χ0n) is 10.5. The van der Waals surface area contributed by atoms with Crippen LogP contribution < -0.4 is 5.73 Å². The number of rotatable bonds is 4. The van der Waals surface area contributed by atoms with Crippen LogP contribution in [-0.4, -0.2) is 17.1 Å². The van der Waals surface area contributed by atoms with Crippen molar-refractivity contribution >= 4 is 29.2 Å². The molecule has 0 spiro atoms. The van der Waals surface area contributed by atoms with Crippen LogP contribution in [0.1, 0.15) is 5.56 Å². The predicted octanol–water partition coefficient (Wildman–Crippen LogP) is 3.61. The van der Waals surface area contributed by atoms with E-state index >= 15 is 0 Å². The lowest BCUT2D eigenvalue weighted by molar-refractivity contribution is -0.138. The molecule has 104 valence electrons. The van der Waals surface area contributed by atoms with Crippen LogP contribution in [-0.2, 0) is 11.2 Å². The SMILES string of the molecule is NC(Cc1ccc(-c2cc(Cl)cc(Cl)c2)cc1)C(=O)O. The van der Waals surface area contributed by atoms with E-state index in [1.165, 1.54) is 0 Å². The zero-order chi connectivity index (χ0) is 14.7. The van der Waals surface area contributed by atoms with E-state index in [0.717, 1.165) is 16.7 Å². The summed E-state index contributed by atoms with van der Waals surface area (Å²) in [6.07, 6.45) is 0.298. The third-order valence-corrected chi connectivity index (χ3v) is 3.36. The highest BCUT2D eigenvalue weighted by atomic mass is 35.5. The lowest BCUT2D eigenvalue weighted by Gasteiger charge is -2.08. The number of carboxylic acid groups (broad SMARTS) is 1. The molecule has 3 nitrogen and oxygen atoms in total. The maximum atomic E-state index is 10.7. The number of nitrogens with two attached hydrogens (primary N) is 1. The third kappa shape index (κ3) is 3.73. The van der Waals surface area contributed by atoms with Crippen LogP contribution in [0.15, 0.2) is 42.5 Å². The number of carboxylic acids is 1. The van der Waals surface area contributed by atoms with Gasteiger partial charge < -0.3 is 10.8 Å². The number of halogens is 2. The first-order valence-electron chi connectivity index (χ1n) is 5.99. The Kier molecular flexibility index (Phi) is 4.65. The van der Waals surface area contributed by atoms with Crippen molar-refractivity contribution in [3.05, 3.63) is 58.1 Å². The first-order chi connectivity index (χ1) is 9.45. The van der Waals surface area contributed by atoms with Gasteiger partial charge in [-0.15, -0.1) is 0 Å². The number of hydrogen-bond donors (Lipinski definition) is 2. The van der Waals surface area contributed by atoms with E-state index < -0.39 is 12.0 Å². The topological polar surface area (TPSA) is 63.3 Å². The molecule has 0 saturated heterocycles. The summed E-state index contributed by atoms with van der Waals surface area (Å²) in [6, 6.07) is 11.9. The largest absolute Gasteiger partial charge is 0.480 e. The highest BCUT2D eigenvalue weighted by Crippen LogP contribution is 2.27. The summed E-state index contributed by atoms with van der Waals surface area (Å²) in [5, 5.41) is 9.93. The molecule has 0 heterocycles. The van der Waals surface area contributed by atoms with E-state index in [1.54, 1.807) is 6.07 Å². The van der Waals surface area contributed by atoms with Crippen LogP contribution in [0.25, 0.3) is 11.1 Å². The monoisotopic (exact) mass is 309 g/mol. The second-order valence-electron chi connectivity index (χ2n) is 4.50. The molecule has 0 radical (unpaired) electrons. The molecule has 0 aromatic heterocycles. The number of carbonyl (C=O) groups is 1. The quantitative estimate of drug-likeness (QED) is 0.906. The minimum Gasteiger partial charge on any atom is -0.480 e. The first kappa shape index (κ1) is 14.9. The zero-order valence-corrected chi connectivity index (χ0v) is 12.0. The highest BCUT2D eigenvalue weighted by Gasteiger charge is 2.12. The van der Waals surface area contributed by atoms with Gasteiger partial charge in [-0.25, -0.2) is 0 Å². The fourth-order valence-electron chi connectivity index (χ4n) is 1.90. The van der Waals surface area contributed by atoms with Crippen LogP contribution in [0.3, 0.4) is 0 Å². The van der Waals surface area contributed by atoms with E-state index in [9.17, 15) is 4.79 Å². The second kappa shape index (κ2) is 6.27.